The van der Waals surface area contributed by atoms with Crippen LogP contribution in [-0.4, -0.2) is 35.9 Å². The number of hydrogen-bond donors (Lipinski definition) is 0. The minimum Gasteiger partial charge on any atom is -0.348 e. The van der Waals surface area contributed by atoms with E-state index in [1.165, 1.54) is 11.1 Å². The summed E-state index contributed by atoms with van der Waals surface area (Å²) in [5, 5.41) is 0.585. The lowest BCUT2D eigenvalue weighted by Gasteiger charge is -2.12. The van der Waals surface area contributed by atoms with Gasteiger partial charge in [-0.3, -0.25) is 4.79 Å². The van der Waals surface area contributed by atoms with Crippen LogP contribution in [-0.2, 0) is 17.6 Å². The van der Waals surface area contributed by atoms with E-state index in [2.05, 4.69) is 24.3 Å². The van der Waals surface area contributed by atoms with Crippen molar-refractivity contribution in [1.82, 2.24) is 4.90 Å². The van der Waals surface area contributed by atoms with E-state index in [0.29, 0.717) is 11.0 Å². The molecule has 0 bridgehead atoms. The first-order valence-electron chi connectivity index (χ1n) is 5.55. The molecule has 0 saturated heterocycles. The number of thioether (sulfide) groups is 1. The number of rotatable bonds is 3. The van der Waals surface area contributed by atoms with Crippen LogP contribution in [0.25, 0.3) is 0 Å². The van der Waals surface area contributed by atoms with Crippen LogP contribution < -0.4 is 0 Å². The van der Waals surface area contributed by atoms with Crippen molar-refractivity contribution in [1.29, 1.82) is 0 Å². The second kappa shape index (κ2) is 4.91. The molecule has 0 saturated carbocycles. The van der Waals surface area contributed by atoms with Crippen molar-refractivity contribution in [3.63, 3.8) is 0 Å². The predicted octanol–water partition coefficient (Wildman–Crippen LogP) is 1.98. The fourth-order valence-corrected chi connectivity index (χ4v) is 3.19. The number of carbonyl (C=O) groups is 1. The van der Waals surface area contributed by atoms with Gasteiger partial charge in [0.25, 0.3) is 0 Å². The predicted molar refractivity (Wildman–Crippen MR) is 68.8 cm³/mol. The van der Waals surface area contributed by atoms with Crippen molar-refractivity contribution in [2.24, 2.45) is 0 Å². The SMILES string of the molecule is CN(C)C(=O)CSC1Cc2ccccc2C1. The first-order chi connectivity index (χ1) is 7.66. The first kappa shape index (κ1) is 11.5. The maximum Gasteiger partial charge on any atom is 0.232 e. The summed E-state index contributed by atoms with van der Waals surface area (Å²) >= 11 is 1.79. The maximum absolute atomic E-state index is 11.5. The highest BCUT2D eigenvalue weighted by molar-refractivity contribution is 8.00. The number of carbonyl (C=O) groups excluding carboxylic acids is 1. The third kappa shape index (κ3) is 2.59. The molecule has 2 rings (SSSR count). The Balaban J connectivity index is 1.86. The Morgan fingerprint density at radius 1 is 1.31 bits per heavy atom. The molecule has 1 amide bonds. The number of benzene rings is 1. The van der Waals surface area contributed by atoms with E-state index in [-0.39, 0.29) is 5.91 Å². The van der Waals surface area contributed by atoms with E-state index in [4.69, 9.17) is 0 Å². The van der Waals surface area contributed by atoms with Crippen molar-refractivity contribution < 1.29 is 4.79 Å². The van der Waals surface area contributed by atoms with Crippen LogP contribution in [0.4, 0.5) is 0 Å². The van der Waals surface area contributed by atoms with E-state index in [1.54, 1.807) is 16.7 Å². The molecule has 1 aliphatic rings. The first-order valence-corrected chi connectivity index (χ1v) is 6.60. The van der Waals surface area contributed by atoms with Gasteiger partial charge in [-0.15, -0.1) is 11.8 Å². The van der Waals surface area contributed by atoms with Gasteiger partial charge in [0.2, 0.25) is 5.91 Å². The summed E-state index contributed by atoms with van der Waals surface area (Å²) in [6.07, 6.45) is 2.23. The van der Waals surface area contributed by atoms with E-state index in [0.717, 1.165) is 12.8 Å². The van der Waals surface area contributed by atoms with Gasteiger partial charge in [0.15, 0.2) is 0 Å². The molecule has 0 aromatic heterocycles. The van der Waals surface area contributed by atoms with Gasteiger partial charge < -0.3 is 4.90 Å². The van der Waals surface area contributed by atoms with Gasteiger partial charge in [0.05, 0.1) is 5.75 Å². The van der Waals surface area contributed by atoms with Crippen LogP contribution in [0.1, 0.15) is 11.1 Å². The summed E-state index contributed by atoms with van der Waals surface area (Å²) in [6.45, 7) is 0. The van der Waals surface area contributed by atoms with Crippen LogP contribution in [0.3, 0.4) is 0 Å². The third-order valence-corrected chi connectivity index (χ3v) is 4.17. The van der Waals surface area contributed by atoms with Crippen molar-refractivity contribution >= 4 is 17.7 Å². The molecule has 0 N–H and O–H groups in total. The summed E-state index contributed by atoms with van der Waals surface area (Å²) in [5.41, 5.74) is 2.91. The molecule has 0 spiro atoms. The van der Waals surface area contributed by atoms with Crippen molar-refractivity contribution in [2.45, 2.75) is 18.1 Å². The average Bonchev–Trinajstić information content (AvgIpc) is 2.68. The van der Waals surface area contributed by atoms with Gasteiger partial charge in [-0.05, 0) is 24.0 Å². The topological polar surface area (TPSA) is 20.3 Å². The number of amides is 1. The molecule has 16 heavy (non-hydrogen) atoms. The Morgan fingerprint density at radius 2 is 1.88 bits per heavy atom. The average molecular weight is 235 g/mol. The Labute approximate surface area is 101 Å². The molecule has 0 heterocycles. The van der Waals surface area contributed by atoms with E-state index in [1.807, 2.05) is 14.1 Å². The Hall–Kier alpha value is -0.960. The van der Waals surface area contributed by atoms with Crippen molar-refractivity contribution in [3.05, 3.63) is 35.4 Å². The van der Waals surface area contributed by atoms with E-state index in [9.17, 15) is 4.79 Å². The molecule has 1 aromatic rings. The molecule has 2 nitrogen and oxygen atoms in total. The quantitative estimate of drug-likeness (QED) is 0.798. The highest BCUT2D eigenvalue weighted by Crippen LogP contribution is 2.29. The largest absolute Gasteiger partial charge is 0.348 e. The summed E-state index contributed by atoms with van der Waals surface area (Å²) in [4.78, 5) is 13.1. The summed E-state index contributed by atoms with van der Waals surface area (Å²) in [6, 6.07) is 8.58. The van der Waals surface area contributed by atoms with Gasteiger partial charge in [-0.2, -0.15) is 0 Å². The second-order valence-corrected chi connectivity index (χ2v) is 5.69. The van der Waals surface area contributed by atoms with Gasteiger partial charge in [-0.25, -0.2) is 0 Å². The lowest BCUT2D eigenvalue weighted by molar-refractivity contribution is -0.125. The smallest absolute Gasteiger partial charge is 0.232 e. The zero-order valence-corrected chi connectivity index (χ0v) is 10.6. The molecule has 0 radical (unpaired) electrons. The van der Waals surface area contributed by atoms with Crippen molar-refractivity contribution in [2.75, 3.05) is 19.8 Å². The summed E-state index contributed by atoms with van der Waals surface area (Å²) in [5.74, 6) is 0.812. The number of fused-ring (bicyclic) bond motifs is 1. The van der Waals surface area contributed by atoms with E-state index < -0.39 is 0 Å². The molecule has 1 aliphatic carbocycles. The van der Waals surface area contributed by atoms with Crippen LogP contribution >= 0.6 is 11.8 Å². The molecule has 1 aromatic carbocycles. The Kier molecular flexibility index (Phi) is 3.54. The lowest BCUT2D eigenvalue weighted by Crippen LogP contribution is -2.24. The highest BCUT2D eigenvalue weighted by Gasteiger charge is 2.22. The fourth-order valence-electron chi connectivity index (χ4n) is 1.95. The molecule has 3 heteroatoms. The lowest BCUT2D eigenvalue weighted by atomic mass is 10.1. The molecule has 0 unspecified atom stereocenters. The standard InChI is InChI=1S/C13H17NOS/c1-14(2)13(15)9-16-12-7-10-5-3-4-6-11(10)8-12/h3-6,12H,7-9H2,1-2H3. The fraction of sp³-hybridized carbons (Fsp3) is 0.462. The zero-order valence-electron chi connectivity index (χ0n) is 9.77. The van der Waals surface area contributed by atoms with Gasteiger partial charge >= 0.3 is 0 Å². The monoisotopic (exact) mass is 235 g/mol. The molecular weight excluding hydrogens is 218 g/mol. The molecule has 0 atom stereocenters. The second-order valence-electron chi connectivity index (χ2n) is 4.40. The van der Waals surface area contributed by atoms with Crippen LogP contribution in [0, 0.1) is 0 Å². The zero-order chi connectivity index (χ0) is 11.5. The maximum atomic E-state index is 11.5. The molecule has 86 valence electrons. The minimum absolute atomic E-state index is 0.209. The molecular formula is C13H17NOS. The molecule has 0 aliphatic heterocycles. The number of nitrogens with zero attached hydrogens (tertiary/aromatic N) is 1. The molecule has 0 fully saturated rings. The normalized spacial score (nSPS) is 14.9. The van der Waals surface area contributed by atoms with Crippen LogP contribution in [0.2, 0.25) is 0 Å². The summed E-state index contributed by atoms with van der Waals surface area (Å²) in [7, 11) is 3.62. The van der Waals surface area contributed by atoms with Gasteiger partial charge in [-0.1, -0.05) is 24.3 Å². The van der Waals surface area contributed by atoms with Gasteiger partial charge in [0, 0.05) is 19.3 Å². The highest BCUT2D eigenvalue weighted by atomic mass is 32.2. The minimum atomic E-state index is 0.209. The van der Waals surface area contributed by atoms with Crippen LogP contribution in [0.15, 0.2) is 24.3 Å². The van der Waals surface area contributed by atoms with E-state index >= 15 is 0 Å². The Bertz CT molecular complexity index is 364. The van der Waals surface area contributed by atoms with Crippen molar-refractivity contribution in [3.8, 4) is 0 Å². The van der Waals surface area contributed by atoms with Crippen LogP contribution in [0.5, 0.6) is 0 Å². The summed E-state index contributed by atoms with van der Waals surface area (Å²) < 4.78 is 0. The Morgan fingerprint density at radius 3 is 2.38 bits per heavy atom. The van der Waals surface area contributed by atoms with Gasteiger partial charge in [0.1, 0.15) is 0 Å². The number of hydrogen-bond acceptors (Lipinski definition) is 2. The third-order valence-electron chi connectivity index (χ3n) is 2.95.